The van der Waals surface area contributed by atoms with Gasteiger partial charge in [-0.3, -0.25) is 4.79 Å². The lowest BCUT2D eigenvalue weighted by Crippen LogP contribution is -2.10. The third-order valence-corrected chi connectivity index (χ3v) is 2.14. The molecule has 1 N–H and O–H groups in total. The standard InChI is InChI=1S/C9H13NOS.C2H6/c1-4-6-8(10-7-11)9(5-2)12-3;1-2/h4-7H,1H2,2-3H3,(H,10,11);1-2H3/b8-6+,9-5+;. The molecule has 80 valence electrons. The van der Waals surface area contributed by atoms with E-state index in [4.69, 9.17) is 0 Å². The number of amides is 1. The van der Waals surface area contributed by atoms with Crippen LogP contribution in [-0.2, 0) is 4.79 Å². The van der Waals surface area contributed by atoms with Gasteiger partial charge in [-0.05, 0) is 19.3 Å². The molecule has 0 bridgehead atoms. The Bertz CT molecular complexity index is 219. The number of nitrogens with one attached hydrogen (secondary N) is 1. The summed E-state index contributed by atoms with van der Waals surface area (Å²) in [6, 6.07) is 0. The summed E-state index contributed by atoms with van der Waals surface area (Å²) in [5.74, 6) is 0. The van der Waals surface area contributed by atoms with Crippen LogP contribution in [0.4, 0.5) is 0 Å². The van der Waals surface area contributed by atoms with Crippen LogP contribution >= 0.6 is 11.8 Å². The molecule has 3 heteroatoms. The van der Waals surface area contributed by atoms with Gasteiger partial charge < -0.3 is 5.32 Å². The highest BCUT2D eigenvalue weighted by Crippen LogP contribution is 2.18. The summed E-state index contributed by atoms with van der Waals surface area (Å²) in [6.45, 7) is 9.49. The van der Waals surface area contributed by atoms with E-state index < -0.39 is 0 Å². The molecule has 0 aromatic rings. The normalized spacial score (nSPS) is 11.1. The zero-order chi connectivity index (χ0) is 11.4. The molecule has 0 radical (unpaired) electrons. The lowest BCUT2D eigenvalue weighted by atomic mass is 10.3. The summed E-state index contributed by atoms with van der Waals surface area (Å²) in [5.41, 5.74) is 0.787. The van der Waals surface area contributed by atoms with Gasteiger partial charge in [-0.2, -0.15) is 0 Å². The maximum Gasteiger partial charge on any atom is 0.211 e. The van der Waals surface area contributed by atoms with Crippen LogP contribution < -0.4 is 5.32 Å². The molecule has 0 aromatic carbocycles. The number of allylic oxidation sites excluding steroid dienone is 3. The van der Waals surface area contributed by atoms with Gasteiger partial charge >= 0.3 is 0 Å². The monoisotopic (exact) mass is 213 g/mol. The molecule has 14 heavy (non-hydrogen) atoms. The molecular weight excluding hydrogens is 194 g/mol. The van der Waals surface area contributed by atoms with Crippen molar-refractivity contribution in [2.24, 2.45) is 0 Å². The largest absolute Gasteiger partial charge is 0.328 e. The highest BCUT2D eigenvalue weighted by Gasteiger charge is 1.99. The van der Waals surface area contributed by atoms with Crippen LogP contribution in [0.5, 0.6) is 0 Å². The van der Waals surface area contributed by atoms with Crippen LogP contribution in [0.25, 0.3) is 0 Å². The van der Waals surface area contributed by atoms with Crippen molar-refractivity contribution in [3.05, 3.63) is 35.4 Å². The van der Waals surface area contributed by atoms with Gasteiger partial charge in [0.1, 0.15) is 0 Å². The molecule has 0 aliphatic heterocycles. The summed E-state index contributed by atoms with van der Waals surface area (Å²) >= 11 is 1.58. The van der Waals surface area contributed by atoms with Crippen molar-refractivity contribution in [2.45, 2.75) is 20.8 Å². The van der Waals surface area contributed by atoms with Crippen molar-refractivity contribution in [1.29, 1.82) is 0 Å². The molecule has 1 amide bonds. The van der Waals surface area contributed by atoms with E-state index >= 15 is 0 Å². The summed E-state index contributed by atoms with van der Waals surface area (Å²) in [7, 11) is 0. The lowest BCUT2D eigenvalue weighted by molar-refractivity contribution is -0.108. The molecular formula is C11H19NOS. The Balaban J connectivity index is 0. The van der Waals surface area contributed by atoms with E-state index in [1.165, 1.54) is 0 Å². The summed E-state index contributed by atoms with van der Waals surface area (Å²) in [6.07, 6.45) is 7.97. The quantitative estimate of drug-likeness (QED) is 0.561. The average molecular weight is 213 g/mol. The molecule has 0 spiro atoms. The predicted octanol–water partition coefficient (Wildman–Crippen LogP) is 3.10. The van der Waals surface area contributed by atoms with E-state index in [-0.39, 0.29) is 0 Å². The van der Waals surface area contributed by atoms with Crippen molar-refractivity contribution < 1.29 is 4.79 Å². The van der Waals surface area contributed by atoms with Crippen LogP contribution in [0.1, 0.15) is 20.8 Å². The van der Waals surface area contributed by atoms with Crippen molar-refractivity contribution >= 4 is 18.2 Å². The zero-order valence-electron chi connectivity index (χ0n) is 9.33. The molecule has 0 unspecified atom stereocenters. The van der Waals surface area contributed by atoms with Crippen molar-refractivity contribution in [1.82, 2.24) is 5.32 Å². The van der Waals surface area contributed by atoms with Gasteiger partial charge in [0.15, 0.2) is 0 Å². The topological polar surface area (TPSA) is 29.1 Å². The van der Waals surface area contributed by atoms with E-state index in [9.17, 15) is 4.79 Å². The van der Waals surface area contributed by atoms with E-state index in [0.29, 0.717) is 6.41 Å². The Kier molecular flexibility index (Phi) is 13.3. The minimum atomic E-state index is 0.662. The Labute approximate surface area is 91.2 Å². The Morgan fingerprint density at radius 3 is 2.29 bits per heavy atom. The second-order valence-electron chi connectivity index (χ2n) is 1.94. The zero-order valence-corrected chi connectivity index (χ0v) is 10.1. The minimum absolute atomic E-state index is 0.662. The number of hydrogen-bond acceptors (Lipinski definition) is 2. The van der Waals surface area contributed by atoms with Gasteiger partial charge in [-0.25, -0.2) is 0 Å². The number of carbonyl (C=O) groups is 1. The molecule has 0 saturated heterocycles. The van der Waals surface area contributed by atoms with Crippen molar-refractivity contribution in [2.75, 3.05) is 6.26 Å². The predicted molar refractivity (Wildman–Crippen MR) is 66.1 cm³/mol. The van der Waals surface area contributed by atoms with Gasteiger partial charge in [0.25, 0.3) is 0 Å². The first-order valence-corrected chi connectivity index (χ1v) is 5.76. The van der Waals surface area contributed by atoms with Gasteiger partial charge in [0.05, 0.1) is 5.70 Å². The molecule has 0 saturated carbocycles. The maximum absolute atomic E-state index is 10.2. The SMILES string of the molecule is C=C/C=C(NC=O)\C(=C/C)SC.CC. The molecule has 2 nitrogen and oxygen atoms in total. The molecule has 0 heterocycles. The van der Waals surface area contributed by atoms with E-state index in [0.717, 1.165) is 10.6 Å². The first-order valence-electron chi connectivity index (χ1n) is 4.53. The number of hydrogen-bond donors (Lipinski definition) is 1. The lowest BCUT2D eigenvalue weighted by Gasteiger charge is -2.06. The Hall–Kier alpha value is -0.960. The first-order chi connectivity index (χ1) is 6.79. The van der Waals surface area contributed by atoms with Crippen LogP contribution in [0.2, 0.25) is 0 Å². The summed E-state index contributed by atoms with van der Waals surface area (Å²) in [5, 5.41) is 2.61. The van der Waals surface area contributed by atoms with Gasteiger partial charge in [-0.15, -0.1) is 11.8 Å². The molecule has 0 fully saturated rings. The van der Waals surface area contributed by atoms with Gasteiger partial charge in [-0.1, -0.05) is 32.6 Å². The van der Waals surface area contributed by atoms with E-state index in [2.05, 4.69) is 11.9 Å². The number of carbonyl (C=O) groups excluding carboxylic acids is 1. The second kappa shape index (κ2) is 12.0. The fourth-order valence-corrected chi connectivity index (χ4v) is 1.35. The fraction of sp³-hybridized carbons (Fsp3) is 0.364. The van der Waals surface area contributed by atoms with Crippen LogP contribution in [0.3, 0.4) is 0 Å². The van der Waals surface area contributed by atoms with E-state index in [1.807, 2.05) is 33.1 Å². The van der Waals surface area contributed by atoms with Crippen molar-refractivity contribution in [3.63, 3.8) is 0 Å². The van der Waals surface area contributed by atoms with E-state index in [1.54, 1.807) is 23.9 Å². The second-order valence-corrected chi connectivity index (χ2v) is 2.78. The minimum Gasteiger partial charge on any atom is -0.328 e. The fourth-order valence-electron chi connectivity index (χ4n) is 0.766. The smallest absolute Gasteiger partial charge is 0.211 e. The number of thioether (sulfide) groups is 1. The van der Waals surface area contributed by atoms with Gasteiger partial charge in [0.2, 0.25) is 6.41 Å². The molecule has 0 rings (SSSR count). The highest BCUT2D eigenvalue weighted by molar-refractivity contribution is 8.02. The van der Waals surface area contributed by atoms with Gasteiger partial charge in [0, 0.05) is 4.91 Å². The maximum atomic E-state index is 10.2. The Morgan fingerprint density at radius 2 is 2.00 bits per heavy atom. The molecule has 0 atom stereocenters. The summed E-state index contributed by atoms with van der Waals surface area (Å²) < 4.78 is 0. The molecule has 0 aromatic heterocycles. The van der Waals surface area contributed by atoms with Crippen LogP contribution in [-0.4, -0.2) is 12.7 Å². The molecule has 0 aliphatic carbocycles. The molecule has 0 aliphatic rings. The van der Waals surface area contributed by atoms with Crippen LogP contribution in [0.15, 0.2) is 35.4 Å². The average Bonchev–Trinajstić information content (AvgIpc) is 2.23. The summed E-state index contributed by atoms with van der Waals surface area (Å²) in [4.78, 5) is 11.2. The third kappa shape index (κ3) is 6.54. The Morgan fingerprint density at radius 1 is 1.43 bits per heavy atom. The third-order valence-electron chi connectivity index (χ3n) is 1.25. The highest BCUT2D eigenvalue weighted by atomic mass is 32.2. The number of rotatable bonds is 5. The van der Waals surface area contributed by atoms with Crippen molar-refractivity contribution in [3.8, 4) is 0 Å². The van der Waals surface area contributed by atoms with Crippen LogP contribution in [0, 0.1) is 0 Å². The first kappa shape index (κ1) is 15.5.